The number of rotatable bonds is 8. The van der Waals surface area contributed by atoms with Crippen molar-refractivity contribution in [1.29, 1.82) is 0 Å². The maximum Gasteiger partial charge on any atom is 0.227 e. The highest BCUT2D eigenvalue weighted by Crippen LogP contribution is 2.39. The third-order valence-electron chi connectivity index (χ3n) is 7.34. The van der Waals surface area contributed by atoms with Crippen molar-refractivity contribution in [2.75, 3.05) is 34.8 Å². The summed E-state index contributed by atoms with van der Waals surface area (Å²) in [6.45, 7) is 13.5. The second kappa shape index (κ2) is 11.1. The van der Waals surface area contributed by atoms with Crippen LogP contribution in [-0.4, -0.2) is 57.9 Å². The van der Waals surface area contributed by atoms with Crippen LogP contribution in [0, 0.1) is 18.8 Å². The standard InChI is InChI=1S/C27H40ClFN6O2/c1-16-8-9-20(12-23(16)35(19(4)36)11-10-26(5,6)37)32-24-22(28)13-31-25(33-24)34-14-17(2)27(7,29)21(15-34)18(3)30/h8-9,12-13,17-18,21,37H,10-11,14-15,30H2,1-7H3,(H,31,32,33). The van der Waals surface area contributed by atoms with Gasteiger partial charge in [0.2, 0.25) is 11.9 Å². The summed E-state index contributed by atoms with van der Waals surface area (Å²) in [7, 11) is 0. The highest BCUT2D eigenvalue weighted by atomic mass is 35.5. The lowest BCUT2D eigenvalue weighted by Crippen LogP contribution is -2.58. The number of benzene rings is 1. The van der Waals surface area contributed by atoms with E-state index in [4.69, 9.17) is 17.3 Å². The lowest BCUT2D eigenvalue weighted by Gasteiger charge is -2.46. The van der Waals surface area contributed by atoms with Crippen LogP contribution < -0.4 is 20.9 Å². The van der Waals surface area contributed by atoms with Crippen molar-refractivity contribution < 1.29 is 14.3 Å². The van der Waals surface area contributed by atoms with E-state index in [0.717, 1.165) is 11.3 Å². The summed E-state index contributed by atoms with van der Waals surface area (Å²) in [5.41, 5.74) is 6.21. The summed E-state index contributed by atoms with van der Waals surface area (Å²) < 4.78 is 15.4. The third kappa shape index (κ3) is 6.89. The van der Waals surface area contributed by atoms with E-state index in [-0.39, 0.29) is 23.8 Å². The number of aryl methyl sites for hydroxylation is 1. The monoisotopic (exact) mass is 534 g/mol. The minimum Gasteiger partial charge on any atom is -0.390 e. The van der Waals surface area contributed by atoms with Crippen molar-refractivity contribution in [3.63, 3.8) is 0 Å². The highest BCUT2D eigenvalue weighted by Gasteiger charge is 2.47. The van der Waals surface area contributed by atoms with Gasteiger partial charge < -0.3 is 26.0 Å². The van der Waals surface area contributed by atoms with Gasteiger partial charge in [-0.2, -0.15) is 4.98 Å². The Bertz CT molecular complexity index is 1120. The number of amides is 1. The molecule has 2 heterocycles. The SMILES string of the molecule is CC(=O)N(CCC(C)(C)O)c1cc(Nc2nc(N3CC(C)C(C)(F)C(C(C)N)C3)ncc2Cl)ccc1C. The molecule has 204 valence electrons. The maximum atomic E-state index is 15.4. The predicted molar refractivity (Wildman–Crippen MR) is 148 cm³/mol. The lowest BCUT2D eigenvalue weighted by molar-refractivity contribution is -0.116. The maximum absolute atomic E-state index is 15.4. The van der Waals surface area contributed by atoms with Gasteiger partial charge in [0.05, 0.1) is 11.8 Å². The number of carbonyl (C=O) groups is 1. The van der Waals surface area contributed by atoms with Crippen LogP contribution in [0.1, 0.15) is 53.5 Å². The van der Waals surface area contributed by atoms with Crippen molar-refractivity contribution >= 4 is 40.6 Å². The molecule has 1 aromatic carbocycles. The fraction of sp³-hybridized carbons (Fsp3) is 0.593. The van der Waals surface area contributed by atoms with Crippen LogP contribution in [0.2, 0.25) is 5.02 Å². The molecular weight excluding hydrogens is 495 g/mol. The van der Waals surface area contributed by atoms with Crippen LogP contribution >= 0.6 is 11.6 Å². The number of piperidine rings is 1. The zero-order valence-electron chi connectivity index (χ0n) is 22.8. The summed E-state index contributed by atoms with van der Waals surface area (Å²) in [5, 5.41) is 13.7. The summed E-state index contributed by atoms with van der Waals surface area (Å²) >= 11 is 6.44. The Balaban J connectivity index is 1.88. The van der Waals surface area contributed by atoms with Gasteiger partial charge in [-0.1, -0.05) is 24.6 Å². The molecule has 4 unspecified atom stereocenters. The van der Waals surface area contributed by atoms with Gasteiger partial charge in [0.25, 0.3) is 0 Å². The number of aliphatic hydroxyl groups is 1. The molecule has 1 saturated heterocycles. The Kier molecular flexibility index (Phi) is 8.71. The number of aromatic nitrogens is 2. The number of hydrogen-bond acceptors (Lipinski definition) is 7. The number of carbonyl (C=O) groups excluding carboxylic acids is 1. The molecule has 2 aromatic rings. The minimum atomic E-state index is -1.38. The number of anilines is 4. The molecule has 0 radical (unpaired) electrons. The average Bonchev–Trinajstić information content (AvgIpc) is 2.78. The van der Waals surface area contributed by atoms with Crippen LogP contribution in [0.5, 0.6) is 0 Å². The zero-order valence-corrected chi connectivity index (χ0v) is 23.6. The highest BCUT2D eigenvalue weighted by molar-refractivity contribution is 6.32. The first kappa shape index (κ1) is 29.1. The Morgan fingerprint density at radius 3 is 2.70 bits per heavy atom. The van der Waals surface area contributed by atoms with E-state index in [1.807, 2.05) is 43.9 Å². The van der Waals surface area contributed by atoms with E-state index in [0.29, 0.717) is 48.5 Å². The van der Waals surface area contributed by atoms with Gasteiger partial charge in [-0.05, 0) is 58.7 Å². The van der Waals surface area contributed by atoms with Crippen LogP contribution in [0.3, 0.4) is 0 Å². The number of nitrogens with zero attached hydrogens (tertiary/aromatic N) is 4. The molecule has 0 bridgehead atoms. The van der Waals surface area contributed by atoms with E-state index in [1.54, 1.807) is 25.7 Å². The molecule has 0 saturated carbocycles. The molecule has 8 nitrogen and oxygen atoms in total. The van der Waals surface area contributed by atoms with Crippen molar-refractivity contribution in [1.82, 2.24) is 9.97 Å². The van der Waals surface area contributed by atoms with Crippen LogP contribution in [0.25, 0.3) is 0 Å². The number of halogens is 2. The smallest absolute Gasteiger partial charge is 0.227 e. The second-order valence-electron chi connectivity index (χ2n) is 11.1. The largest absolute Gasteiger partial charge is 0.390 e. The summed E-state index contributed by atoms with van der Waals surface area (Å²) in [6.07, 6.45) is 1.96. The Morgan fingerprint density at radius 2 is 2.11 bits per heavy atom. The molecule has 1 amide bonds. The summed E-state index contributed by atoms with van der Waals surface area (Å²) in [5.74, 6) is 0.116. The van der Waals surface area contributed by atoms with Crippen LogP contribution in [-0.2, 0) is 4.79 Å². The van der Waals surface area contributed by atoms with Gasteiger partial charge in [-0.15, -0.1) is 0 Å². The van der Waals surface area contributed by atoms with Gasteiger partial charge >= 0.3 is 0 Å². The molecule has 4 N–H and O–H groups in total. The fourth-order valence-electron chi connectivity index (χ4n) is 4.75. The van der Waals surface area contributed by atoms with E-state index in [9.17, 15) is 9.90 Å². The van der Waals surface area contributed by atoms with Crippen molar-refractivity contribution in [2.24, 2.45) is 17.6 Å². The van der Waals surface area contributed by atoms with E-state index in [1.165, 1.54) is 13.1 Å². The first-order valence-electron chi connectivity index (χ1n) is 12.7. The average molecular weight is 535 g/mol. The third-order valence-corrected chi connectivity index (χ3v) is 7.62. The zero-order chi connectivity index (χ0) is 27.7. The van der Waals surface area contributed by atoms with Crippen LogP contribution in [0.15, 0.2) is 24.4 Å². The molecule has 1 fully saturated rings. The first-order chi connectivity index (χ1) is 17.1. The number of nitrogens with two attached hydrogens (primary N) is 1. The van der Waals surface area contributed by atoms with E-state index >= 15 is 4.39 Å². The van der Waals surface area contributed by atoms with E-state index in [2.05, 4.69) is 15.3 Å². The minimum absolute atomic E-state index is 0.116. The van der Waals surface area contributed by atoms with Crippen LogP contribution in [0.4, 0.5) is 27.5 Å². The quantitative estimate of drug-likeness (QED) is 0.444. The molecule has 1 aliphatic heterocycles. The summed E-state index contributed by atoms with van der Waals surface area (Å²) in [4.78, 5) is 25.1. The van der Waals surface area contributed by atoms with Crippen molar-refractivity contribution in [3.8, 4) is 0 Å². The van der Waals surface area contributed by atoms with Gasteiger partial charge in [0.15, 0.2) is 5.82 Å². The Hall–Kier alpha value is -2.49. The number of alkyl halides is 1. The Labute approximate surface area is 224 Å². The van der Waals surface area contributed by atoms with Gasteiger partial charge in [-0.3, -0.25) is 4.79 Å². The molecule has 0 aliphatic carbocycles. The first-order valence-corrected chi connectivity index (χ1v) is 13.1. The molecule has 10 heteroatoms. The normalized spacial score (nSPS) is 23.1. The number of nitrogens with one attached hydrogen (secondary N) is 1. The van der Waals surface area contributed by atoms with Gasteiger partial charge in [0, 0.05) is 55.8 Å². The molecule has 1 aliphatic rings. The van der Waals surface area contributed by atoms with Crippen molar-refractivity contribution in [3.05, 3.63) is 35.0 Å². The van der Waals surface area contributed by atoms with Crippen molar-refractivity contribution in [2.45, 2.75) is 72.2 Å². The molecule has 0 spiro atoms. The second-order valence-corrected chi connectivity index (χ2v) is 11.6. The molecule has 4 atom stereocenters. The molecule has 1 aromatic heterocycles. The molecule has 37 heavy (non-hydrogen) atoms. The topological polar surface area (TPSA) is 108 Å². The summed E-state index contributed by atoms with van der Waals surface area (Å²) in [6, 6.07) is 5.34. The number of hydrogen-bond donors (Lipinski definition) is 3. The lowest BCUT2D eigenvalue weighted by atomic mass is 9.74. The fourth-order valence-corrected chi connectivity index (χ4v) is 4.89. The molecular formula is C27H40ClFN6O2. The Morgan fingerprint density at radius 1 is 1.43 bits per heavy atom. The van der Waals surface area contributed by atoms with E-state index < -0.39 is 11.3 Å². The van der Waals surface area contributed by atoms with Gasteiger partial charge in [-0.25, -0.2) is 9.37 Å². The molecule has 3 rings (SSSR count). The van der Waals surface area contributed by atoms with Gasteiger partial charge in [0.1, 0.15) is 10.7 Å². The predicted octanol–water partition coefficient (Wildman–Crippen LogP) is 4.84.